The second-order valence-corrected chi connectivity index (χ2v) is 5.33. The zero-order chi connectivity index (χ0) is 13.1. The highest BCUT2D eigenvalue weighted by molar-refractivity contribution is 5.49. The van der Waals surface area contributed by atoms with Crippen molar-refractivity contribution in [3.05, 3.63) is 12.2 Å². The van der Waals surface area contributed by atoms with E-state index in [1.807, 2.05) is 26.8 Å². The van der Waals surface area contributed by atoms with E-state index in [2.05, 4.69) is 19.9 Å². The maximum atomic E-state index is 10.6. The van der Waals surface area contributed by atoms with Gasteiger partial charge in [0.2, 0.25) is 0 Å². The molecule has 1 aliphatic rings. The van der Waals surface area contributed by atoms with Crippen LogP contribution in [-0.2, 0) is 14.3 Å². The highest BCUT2D eigenvalue weighted by atomic mass is 16.7. The minimum atomic E-state index is -0.585. The predicted molar refractivity (Wildman–Crippen MR) is 67.6 cm³/mol. The van der Waals surface area contributed by atoms with Crippen LogP contribution in [0.4, 0.5) is 0 Å². The Morgan fingerprint density at radius 3 is 2.53 bits per heavy atom. The first-order valence-corrected chi connectivity index (χ1v) is 6.33. The molecule has 0 saturated carbocycles. The molecule has 0 amide bonds. The lowest BCUT2D eigenvalue weighted by Gasteiger charge is -2.46. The molecule has 0 aromatic heterocycles. The van der Waals surface area contributed by atoms with Crippen molar-refractivity contribution >= 4 is 6.29 Å². The fourth-order valence-electron chi connectivity index (χ4n) is 2.41. The Kier molecular flexibility index (Phi) is 4.90. The molecule has 1 saturated heterocycles. The van der Waals surface area contributed by atoms with Gasteiger partial charge in [0, 0.05) is 12.3 Å². The van der Waals surface area contributed by atoms with Crippen LogP contribution in [-0.4, -0.2) is 24.3 Å². The van der Waals surface area contributed by atoms with Gasteiger partial charge in [-0.25, -0.2) is 0 Å². The normalized spacial score (nSPS) is 34.8. The van der Waals surface area contributed by atoms with Gasteiger partial charge in [-0.1, -0.05) is 26.0 Å². The molecule has 0 aromatic carbocycles. The molecular weight excluding hydrogens is 216 g/mol. The number of carbonyl (C=O) groups excluding carboxylic acids is 1. The van der Waals surface area contributed by atoms with Gasteiger partial charge in [-0.3, -0.25) is 0 Å². The molecule has 1 fully saturated rings. The van der Waals surface area contributed by atoms with E-state index in [0.717, 1.165) is 6.29 Å². The largest absolute Gasteiger partial charge is 0.347 e. The summed E-state index contributed by atoms with van der Waals surface area (Å²) >= 11 is 0. The van der Waals surface area contributed by atoms with Gasteiger partial charge in [0.15, 0.2) is 5.79 Å². The molecule has 0 spiro atoms. The first kappa shape index (κ1) is 14.4. The molecule has 4 atom stereocenters. The Balaban J connectivity index is 2.84. The highest BCUT2D eigenvalue weighted by Gasteiger charge is 2.41. The Morgan fingerprint density at radius 1 is 1.35 bits per heavy atom. The summed E-state index contributed by atoms with van der Waals surface area (Å²) < 4.78 is 11.8. The molecule has 98 valence electrons. The molecule has 17 heavy (non-hydrogen) atoms. The molecule has 0 aliphatic carbocycles. The number of allylic oxidation sites excluding steroid dienone is 1. The molecule has 0 aromatic rings. The van der Waals surface area contributed by atoms with E-state index in [4.69, 9.17) is 9.47 Å². The third-order valence-corrected chi connectivity index (χ3v) is 3.29. The van der Waals surface area contributed by atoms with Gasteiger partial charge in [0.05, 0.1) is 12.2 Å². The summed E-state index contributed by atoms with van der Waals surface area (Å²) in [5.74, 6) is -0.106. The molecule has 1 heterocycles. The number of hydrogen-bond acceptors (Lipinski definition) is 3. The van der Waals surface area contributed by atoms with Crippen molar-refractivity contribution in [2.75, 3.05) is 0 Å². The van der Waals surface area contributed by atoms with Crippen LogP contribution in [0.1, 0.15) is 41.0 Å². The molecule has 0 N–H and O–H groups in total. The zero-order valence-corrected chi connectivity index (χ0v) is 11.5. The second-order valence-electron chi connectivity index (χ2n) is 5.33. The molecular formula is C14H24O3. The monoisotopic (exact) mass is 240 g/mol. The summed E-state index contributed by atoms with van der Waals surface area (Å²) in [5.41, 5.74) is 0. The average molecular weight is 240 g/mol. The summed E-state index contributed by atoms with van der Waals surface area (Å²) in [5, 5.41) is 0. The molecule has 0 unspecified atom stereocenters. The van der Waals surface area contributed by atoms with E-state index >= 15 is 0 Å². The highest BCUT2D eigenvalue weighted by Crippen LogP contribution is 2.35. The van der Waals surface area contributed by atoms with Gasteiger partial charge < -0.3 is 14.3 Å². The molecule has 3 heteroatoms. The molecule has 0 bridgehead atoms. The lowest BCUT2D eigenvalue weighted by molar-refractivity contribution is -0.317. The minimum Gasteiger partial charge on any atom is -0.347 e. The Bertz CT molecular complexity index is 283. The third kappa shape index (κ3) is 3.65. The summed E-state index contributed by atoms with van der Waals surface area (Å²) in [7, 11) is 0. The quantitative estimate of drug-likeness (QED) is 0.560. The SMILES string of the molecule is C/C=C/[C@H]1OC(C)(C)O[C@H]([C@H](C)CC=O)[C@H]1C. The number of carbonyl (C=O) groups is 1. The van der Waals surface area contributed by atoms with Crippen molar-refractivity contribution in [2.24, 2.45) is 11.8 Å². The smallest absolute Gasteiger partial charge is 0.163 e. The van der Waals surface area contributed by atoms with Crippen LogP contribution < -0.4 is 0 Å². The first-order valence-electron chi connectivity index (χ1n) is 6.33. The van der Waals surface area contributed by atoms with Gasteiger partial charge in [-0.2, -0.15) is 0 Å². The zero-order valence-electron chi connectivity index (χ0n) is 11.5. The van der Waals surface area contributed by atoms with Crippen LogP contribution in [0.25, 0.3) is 0 Å². The van der Waals surface area contributed by atoms with Crippen molar-refractivity contribution < 1.29 is 14.3 Å². The molecule has 0 radical (unpaired) electrons. The Hall–Kier alpha value is -0.670. The predicted octanol–water partition coefficient (Wildman–Crippen LogP) is 2.94. The van der Waals surface area contributed by atoms with E-state index in [-0.39, 0.29) is 24.0 Å². The summed E-state index contributed by atoms with van der Waals surface area (Å²) in [4.78, 5) is 10.6. The van der Waals surface area contributed by atoms with Crippen LogP contribution in [0, 0.1) is 11.8 Å². The number of aldehydes is 1. The summed E-state index contributed by atoms with van der Waals surface area (Å²) in [6.45, 7) is 10.0. The number of ether oxygens (including phenoxy) is 2. The summed E-state index contributed by atoms with van der Waals surface area (Å²) in [6.07, 6.45) is 5.69. The fraction of sp³-hybridized carbons (Fsp3) is 0.786. The van der Waals surface area contributed by atoms with E-state index in [1.165, 1.54) is 0 Å². The fourth-order valence-corrected chi connectivity index (χ4v) is 2.41. The van der Waals surface area contributed by atoms with E-state index in [0.29, 0.717) is 6.42 Å². The van der Waals surface area contributed by atoms with Crippen molar-refractivity contribution in [1.29, 1.82) is 0 Å². The summed E-state index contributed by atoms with van der Waals surface area (Å²) in [6, 6.07) is 0. The van der Waals surface area contributed by atoms with Gasteiger partial charge in [0.1, 0.15) is 6.29 Å². The van der Waals surface area contributed by atoms with Gasteiger partial charge in [-0.05, 0) is 26.7 Å². The first-order chi connectivity index (χ1) is 7.91. The van der Waals surface area contributed by atoms with Crippen LogP contribution in [0.5, 0.6) is 0 Å². The average Bonchev–Trinajstić information content (AvgIpc) is 2.23. The minimum absolute atomic E-state index is 0.0582. The molecule has 1 aliphatic heterocycles. The van der Waals surface area contributed by atoms with Crippen molar-refractivity contribution in [2.45, 2.75) is 59.0 Å². The second kappa shape index (κ2) is 5.78. The van der Waals surface area contributed by atoms with Gasteiger partial charge in [0.25, 0.3) is 0 Å². The maximum Gasteiger partial charge on any atom is 0.163 e. The topological polar surface area (TPSA) is 35.5 Å². The van der Waals surface area contributed by atoms with Crippen molar-refractivity contribution in [1.82, 2.24) is 0 Å². The Morgan fingerprint density at radius 2 is 2.00 bits per heavy atom. The van der Waals surface area contributed by atoms with Crippen molar-refractivity contribution in [3.63, 3.8) is 0 Å². The third-order valence-electron chi connectivity index (χ3n) is 3.29. The van der Waals surface area contributed by atoms with Crippen LogP contribution >= 0.6 is 0 Å². The standard InChI is InChI=1S/C14H24O3/c1-6-7-12-11(3)13(10(2)8-9-15)17-14(4,5)16-12/h6-7,9-13H,8H2,1-5H3/b7-6+/t10-,11+,12-,13-/m1/s1. The lowest BCUT2D eigenvalue weighted by atomic mass is 9.86. The molecule has 1 rings (SSSR count). The van der Waals surface area contributed by atoms with E-state index in [1.54, 1.807) is 0 Å². The Labute approximate surface area is 104 Å². The number of hydrogen-bond donors (Lipinski definition) is 0. The van der Waals surface area contributed by atoms with E-state index < -0.39 is 5.79 Å². The maximum absolute atomic E-state index is 10.6. The van der Waals surface area contributed by atoms with Crippen LogP contribution in [0.3, 0.4) is 0 Å². The van der Waals surface area contributed by atoms with Crippen molar-refractivity contribution in [3.8, 4) is 0 Å². The van der Waals surface area contributed by atoms with Gasteiger partial charge >= 0.3 is 0 Å². The van der Waals surface area contributed by atoms with Crippen LogP contribution in [0.15, 0.2) is 12.2 Å². The van der Waals surface area contributed by atoms with Crippen LogP contribution in [0.2, 0.25) is 0 Å². The van der Waals surface area contributed by atoms with Gasteiger partial charge in [-0.15, -0.1) is 0 Å². The molecule has 3 nitrogen and oxygen atoms in total. The number of rotatable bonds is 4. The lowest BCUT2D eigenvalue weighted by Crippen LogP contribution is -2.51. The van der Waals surface area contributed by atoms with E-state index in [9.17, 15) is 4.79 Å².